The van der Waals surface area contributed by atoms with E-state index in [0.29, 0.717) is 35.0 Å². The summed E-state index contributed by atoms with van der Waals surface area (Å²) in [5.74, 6) is -0.169. The summed E-state index contributed by atoms with van der Waals surface area (Å²) in [6, 6.07) is 11.3. The van der Waals surface area contributed by atoms with Crippen molar-refractivity contribution in [1.29, 1.82) is 0 Å². The van der Waals surface area contributed by atoms with Gasteiger partial charge in [0.25, 0.3) is 0 Å². The number of benzene rings is 2. The van der Waals surface area contributed by atoms with Crippen LogP contribution in [0.5, 0.6) is 5.75 Å². The molecule has 0 saturated carbocycles. The topological polar surface area (TPSA) is 96.0 Å². The number of carbonyl (C=O) groups is 2. The molecule has 0 aliphatic rings. The number of carbonyl (C=O) groups excluding carboxylic acids is 2. The third kappa shape index (κ3) is 7.86. The molecule has 0 radical (unpaired) electrons. The molecule has 0 unspecified atom stereocenters. The molecule has 0 heterocycles. The van der Waals surface area contributed by atoms with E-state index in [1.165, 1.54) is 11.0 Å². The number of sulfonamides is 1. The van der Waals surface area contributed by atoms with E-state index in [4.69, 9.17) is 16.3 Å². The zero-order chi connectivity index (χ0) is 26.2. The lowest BCUT2D eigenvalue weighted by atomic mass is 10.1. The van der Waals surface area contributed by atoms with Crippen molar-refractivity contribution in [2.75, 3.05) is 30.8 Å². The summed E-state index contributed by atoms with van der Waals surface area (Å²) in [5, 5.41) is 3.20. The van der Waals surface area contributed by atoms with Crippen LogP contribution >= 0.6 is 11.6 Å². The first-order chi connectivity index (χ1) is 16.5. The number of ether oxygens (including phenoxy) is 1. The standard InChI is InChI=1S/C25H34ClN3O5S/c1-6-13-27-25(31)22(7-2)28(16-19-9-8-10-21(14-19)34-4)24(30)17-29(35(5,32)33)23-15-20(26)12-11-18(23)3/h8-12,14-15,22H,6-7,13,16-17H2,1-5H3,(H,27,31)/t22-/m1/s1. The molecule has 2 aromatic rings. The maximum Gasteiger partial charge on any atom is 0.244 e. The monoisotopic (exact) mass is 523 g/mol. The molecule has 10 heteroatoms. The SMILES string of the molecule is CCCNC(=O)[C@@H](CC)N(Cc1cccc(OC)c1)C(=O)CN(c1cc(Cl)ccc1C)S(C)(=O)=O. The molecule has 0 aromatic heterocycles. The molecular weight excluding hydrogens is 490 g/mol. The van der Waals surface area contributed by atoms with Crippen LogP contribution in [-0.4, -0.2) is 57.6 Å². The number of hydrogen-bond donors (Lipinski definition) is 1. The van der Waals surface area contributed by atoms with Crippen molar-refractivity contribution in [2.24, 2.45) is 0 Å². The van der Waals surface area contributed by atoms with E-state index >= 15 is 0 Å². The summed E-state index contributed by atoms with van der Waals surface area (Å²) in [5.41, 5.74) is 1.72. The van der Waals surface area contributed by atoms with Crippen molar-refractivity contribution in [3.8, 4) is 5.75 Å². The average molecular weight is 524 g/mol. The summed E-state index contributed by atoms with van der Waals surface area (Å²) in [6.07, 6.45) is 2.15. The Hall–Kier alpha value is -2.78. The molecule has 192 valence electrons. The van der Waals surface area contributed by atoms with Gasteiger partial charge in [-0.25, -0.2) is 8.42 Å². The highest BCUT2D eigenvalue weighted by Gasteiger charge is 2.32. The van der Waals surface area contributed by atoms with Gasteiger partial charge in [0.15, 0.2) is 0 Å². The summed E-state index contributed by atoms with van der Waals surface area (Å²) in [4.78, 5) is 28.1. The minimum Gasteiger partial charge on any atom is -0.497 e. The van der Waals surface area contributed by atoms with Gasteiger partial charge in [-0.3, -0.25) is 13.9 Å². The van der Waals surface area contributed by atoms with Crippen molar-refractivity contribution in [3.63, 3.8) is 0 Å². The van der Waals surface area contributed by atoms with Crippen LogP contribution in [0.25, 0.3) is 0 Å². The van der Waals surface area contributed by atoms with Crippen LogP contribution in [0.15, 0.2) is 42.5 Å². The maximum atomic E-state index is 13.7. The van der Waals surface area contributed by atoms with E-state index in [2.05, 4.69) is 5.32 Å². The maximum absolute atomic E-state index is 13.7. The molecular formula is C25H34ClN3O5S. The first-order valence-electron chi connectivity index (χ1n) is 11.5. The molecule has 0 spiro atoms. The summed E-state index contributed by atoms with van der Waals surface area (Å²) >= 11 is 6.13. The Kier molecular flexibility index (Phi) is 10.4. The Morgan fingerprint density at radius 3 is 2.46 bits per heavy atom. The molecule has 35 heavy (non-hydrogen) atoms. The molecule has 0 aliphatic carbocycles. The molecule has 2 aromatic carbocycles. The highest BCUT2D eigenvalue weighted by Crippen LogP contribution is 2.27. The van der Waals surface area contributed by atoms with E-state index in [0.717, 1.165) is 22.5 Å². The number of hydrogen-bond acceptors (Lipinski definition) is 5. The third-order valence-electron chi connectivity index (χ3n) is 5.54. The van der Waals surface area contributed by atoms with Gasteiger partial charge in [0.2, 0.25) is 21.8 Å². The number of nitrogens with one attached hydrogen (secondary N) is 1. The number of halogens is 1. The molecule has 8 nitrogen and oxygen atoms in total. The Morgan fingerprint density at radius 1 is 1.14 bits per heavy atom. The van der Waals surface area contributed by atoms with Crippen molar-refractivity contribution in [1.82, 2.24) is 10.2 Å². The predicted octanol–water partition coefficient (Wildman–Crippen LogP) is 3.76. The summed E-state index contributed by atoms with van der Waals surface area (Å²) in [6.45, 7) is 5.63. The van der Waals surface area contributed by atoms with Gasteiger partial charge < -0.3 is 15.0 Å². The predicted molar refractivity (Wildman–Crippen MR) is 139 cm³/mol. The molecule has 2 rings (SSSR count). The van der Waals surface area contributed by atoms with Gasteiger partial charge >= 0.3 is 0 Å². The van der Waals surface area contributed by atoms with Gasteiger partial charge in [0.05, 0.1) is 19.1 Å². The van der Waals surface area contributed by atoms with E-state index < -0.39 is 28.5 Å². The lowest BCUT2D eigenvalue weighted by Gasteiger charge is -2.33. The first-order valence-corrected chi connectivity index (χ1v) is 13.7. The van der Waals surface area contributed by atoms with E-state index in [-0.39, 0.29) is 12.5 Å². The third-order valence-corrected chi connectivity index (χ3v) is 6.90. The fraction of sp³-hybridized carbons (Fsp3) is 0.440. The normalized spacial score (nSPS) is 12.1. The molecule has 2 amide bonds. The number of methoxy groups -OCH3 is 1. The van der Waals surface area contributed by atoms with Crippen molar-refractivity contribution < 1.29 is 22.7 Å². The van der Waals surface area contributed by atoms with Crippen LogP contribution in [0.2, 0.25) is 5.02 Å². The molecule has 1 atom stereocenters. The Labute approximate surface area is 213 Å². The second-order valence-corrected chi connectivity index (χ2v) is 10.6. The minimum atomic E-state index is -3.83. The fourth-order valence-electron chi connectivity index (χ4n) is 3.70. The van der Waals surface area contributed by atoms with Gasteiger partial charge in [0.1, 0.15) is 18.3 Å². The molecule has 0 bridgehead atoms. The average Bonchev–Trinajstić information content (AvgIpc) is 2.81. The van der Waals surface area contributed by atoms with E-state index in [1.54, 1.807) is 44.4 Å². The highest BCUT2D eigenvalue weighted by molar-refractivity contribution is 7.92. The minimum absolute atomic E-state index is 0.111. The van der Waals surface area contributed by atoms with Crippen LogP contribution in [0.1, 0.15) is 37.8 Å². The molecule has 0 saturated heterocycles. The Balaban J connectivity index is 2.48. The largest absolute Gasteiger partial charge is 0.497 e. The zero-order valence-electron chi connectivity index (χ0n) is 20.9. The smallest absolute Gasteiger partial charge is 0.244 e. The number of aryl methyl sites for hydroxylation is 1. The summed E-state index contributed by atoms with van der Waals surface area (Å²) < 4.78 is 31.8. The van der Waals surface area contributed by atoms with Crippen LogP contribution in [0, 0.1) is 6.92 Å². The van der Waals surface area contributed by atoms with Gasteiger partial charge in [-0.15, -0.1) is 0 Å². The van der Waals surface area contributed by atoms with Crippen LogP contribution < -0.4 is 14.4 Å². The van der Waals surface area contributed by atoms with Crippen LogP contribution in [-0.2, 0) is 26.2 Å². The molecule has 0 aliphatic heterocycles. The zero-order valence-corrected chi connectivity index (χ0v) is 22.4. The highest BCUT2D eigenvalue weighted by atomic mass is 35.5. The molecule has 0 fully saturated rings. The Bertz CT molecular complexity index is 1140. The summed E-state index contributed by atoms with van der Waals surface area (Å²) in [7, 11) is -2.28. The van der Waals surface area contributed by atoms with E-state index in [9.17, 15) is 18.0 Å². The first kappa shape index (κ1) is 28.5. The van der Waals surface area contributed by atoms with Gasteiger partial charge in [-0.05, 0) is 55.2 Å². The van der Waals surface area contributed by atoms with Crippen molar-refractivity contribution in [3.05, 3.63) is 58.6 Å². The number of nitrogens with zero attached hydrogens (tertiary/aromatic N) is 2. The second-order valence-electron chi connectivity index (χ2n) is 8.29. The second kappa shape index (κ2) is 12.8. The number of anilines is 1. The number of amides is 2. The fourth-order valence-corrected chi connectivity index (χ4v) is 4.76. The lowest BCUT2D eigenvalue weighted by Crippen LogP contribution is -2.52. The molecule has 1 N–H and O–H groups in total. The van der Waals surface area contributed by atoms with Gasteiger partial charge in [0, 0.05) is 18.1 Å². The van der Waals surface area contributed by atoms with Gasteiger partial charge in [-0.2, -0.15) is 0 Å². The van der Waals surface area contributed by atoms with Crippen molar-refractivity contribution >= 4 is 39.1 Å². The lowest BCUT2D eigenvalue weighted by molar-refractivity contribution is -0.140. The van der Waals surface area contributed by atoms with Crippen LogP contribution in [0.3, 0.4) is 0 Å². The Morgan fingerprint density at radius 2 is 1.86 bits per heavy atom. The van der Waals surface area contributed by atoms with E-state index in [1.807, 2.05) is 19.9 Å². The van der Waals surface area contributed by atoms with Crippen LogP contribution in [0.4, 0.5) is 5.69 Å². The quantitative estimate of drug-likeness (QED) is 0.457. The van der Waals surface area contributed by atoms with Gasteiger partial charge in [-0.1, -0.05) is 43.6 Å². The number of rotatable bonds is 12. The van der Waals surface area contributed by atoms with Crippen molar-refractivity contribution in [2.45, 2.75) is 46.2 Å².